The molecule has 0 saturated carbocycles. The van der Waals surface area contributed by atoms with Crippen LogP contribution in [0.25, 0.3) is 0 Å². The van der Waals surface area contributed by atoms with E-state index in [0.717, 1.165) is 11.5 Å². The minimum Gasteiger partial charge on any atom is -0.457 e. The van der Waals surface area contributed by atoms with Crippen molar-refractivity contribution >= 4 is 11.8 Å². The van der Waals surface area contributed by atoms with Gasteiger partial charge in [0.05, 0.1) is 0 Å². The van der Waals surface area contributed by atoms with E-state index in [9.17, 15) is 9.59 Å². The fourth-order valence-electron chi connectivity index (χ4n) is 3.11. The number of carbonyl (C=O) groups is 2. The lowest BCUT2D eigenvalue weighted by Gasteiger charge is -2.06. The fraction of sp³-hybridized carbons (Fsp3) is 0.118. The van der Waals surface area contributed by atoms with Gasteiger partial charge < -0.3 is 20.1 Å². The van der Waals surface area contributed by atoms with Gasteiger partial charge in [0.2, 0.25) is 0 Å². The SMILES string of the molecule is C/C=C\C=C/C.CNC(=O)c1ccc(Oc2ccccc2)cc1.CNC(=O)c1ccc(Oc2ccccc2)cc1. The predicted molar refractivity (Wildman–Crippen MR) is 162 cm³/mol. The highest BCUT2D eigenvalue weighted by Gasteiger charge is 2.04. The molecule has 4 aromatic rings. The Morgan fingerprint density at radius 3 is 1.07 bits per heavy atom. The smallest absolute Gasteiger partial charge is 0.251 e. The molecule has 4 rings (SSSR count). The molecule has 0 aliphatic carbocycles. The van der Waals surface area contributed by atoms with Gasteiger partial charge >= 0.3 is 0 Å². The van der Waals surface area contributed by atoms with Crippen molar-refractivity contribution in [1.29, 1.82) is 0 Å². The predicted octanol–water partition coefficient (Wildman–Crippen LogP) is 7.82. The van der Waals surface area contributed by atoms with Crippen molar-refractivity contribution in [2.75, 3.05) is 14.1 Å². The summed E-state index contributed by atoms with van der Waals surface area (Å²) in [5.74, 6) is 2.78. The number of benzene rings is 4. The lowest BCUT2D eigenvalue weighted by molar-refractivity contribution is 0.0955. The summed E-state index contributed by atoms with van der Waals surface area (Å²) in [6.07, 6.45) is 8.00. The maximum Gasteiger partial charge on any atom is 0.251 e. The summed E-state index contributed by atoms with van der Waals surface area (Å²) in [5, 5.41) is 5.14. The summed E-state index contributed by atoms with van der Waals surface area (Å²) in [6.45, 7) is 4.00. The number of hydrogen-bond donors (Lipinski definition) is 2. The monoisotopic (exact) mass is 536 g/mol. The normalized spacial score (nSPS) is 10.0. The quantitative estimate of drug-likeness (QED) is 0.236. The Hall–Kier alpha value is -5.10. The Morgan fingerprint density at radius 1 is 0.500 bits per heavy atom. The minimum absolute atomic E-state index is 0.101. The van der Waals surface area contributed by atoms with Gasteiger partial charge in [0.25, 0.3) is 11.8 Å². The third kappa shape index (κ3) is 11.5. The average molecular weight is 537 g/mol. The van der Waals surface area contributed by atoms with Gasteiger partial charge in [-0.2, -0.15) is 0 Å². The van der Waals surface area contributed by atoms with Gasteiger partial charge in [0.15, 0.2) is 0 Å². The molecule has 0 heterocycles. The number of amides is 2. The van der Waals surface area contributed by atoms with Crippen LogP contribution >= 0.6 is 0 Å². The van der Waals surface area contributed by atoms with Crippen LogP contribution in [-0.4, -0.2) is 25.9 Å². The Morgan fingerprint density at radius 2 is 0.800 bits per heavy atom. The molecule has 6 heteroatoms. The van der Waals surface area contributed by atoms with Crippen LogP contribution in [0.15, 0.2) is 133 Å². The number of carbonyl (C=O) groups excluding carboxylic acids is 2. The Balaban J connectivity index is 0.000000234. The number of allylic oxidation sites excluding steroid dienone is 4. The maximum absolute atomic E-state index is 11.3. The molecule has 0 fully saturated rings. The second-order valence-corrected chi connectivity index (χ2v) is 8.09. The van der Waals surface area contributed by atoms with E-state index in [1.54, 1.807) is 62.6 Å². The molecule has 2 amide bonds. The maximum atomic E-state index is 11.3. The fourth-order valence-corrected chi connectivity index (χ4v) is 3.11. The first-order valence-corrected chi connectivity index (χ1v) is 12.8. The molecule has 6 nitrogen and oxygen atoms in total. The summed E-state index contributed by atoms with van der Waals surface area (Å²) in [6, 6.07) is 33.1. The van der Waals surface area contributed by atoms with Crippen molar-refractivity contribution in [3.05, 3.63) is 145 Å². The second-order valence-electron chi connectivity index (χ2n) is 8.09. The average Bonchev–Trinajstić information content (AvgIpc) is 3.01. The second kappa shape index (κ2) is 18.2. The van der Waals surface area contributed by atoms with Crippen LogP contribution in [0.2, 0.25) is 0 Å². The molecular formula is C34H36N2O4. The highest BCUT2D eigenvalue weighted by atomic mass is 16.5. The molecule has 0 aliphatic heterocycles. The van der Waals surface area contributed by atoms with Crippen molar-refractivity contribution in [3.8, 4) is 23.0 Å². The molecule has 0 spiro atoms. The Kier molecular flexibility index (Phi) is 14.2. The number of rotatable bonds is 7. The molecule has 0 atom stereocenters. The van der Waals surface area contributed by atoms with E-state index >= 15 is 0 Å². The van der Waals surface area contributed by atoms with E-state index in [2.05, 4.69) is 10.6 Å². The zero-order valence-corrected chi connectivity index (χ0v) is 23.3. The van der Waals surface area contributed by atoms with Crippen LogP contribution < -0.4 is 20.1 Å². The lowest BCUT2D eigenvalue weighted by atomic mass is 10.2. The number of nitrogens with one attached hydrogen (secondary N) is 2. The first kappa shape index (κ1) is 31.1. The number of para-hydroxylation sites is 2. The first-order valence-electron chi connectivity index (χ1n) is 12.8. The zero-order chi connectivity index (χ0) is 29.0. The van der Waals surface area contributed by atoms with Crippen LogP contribution in [-0.2, 0) is 0 Å². The van der Waals surface area contributed by atoms with Crippen LogP contribution in [0.5, 0.6) is 23.0 Å². The van der Waals surface area contributed by atoms with E-state index in [1.165, 1.54) is 0 Å². The number of ether oxygens (including phenoxy) is 2. The minimum atomic E-state index is -0.101. The molecule has 40 heavy (non-hydrogen) atoms. The van der Waals surface area contributed by atoms with E-state index in [-0.39, 0.29) is 11.8 Å². The topological polar surface area (TPSA) is 76.7 Å². The standard InChI is InChI=1S/2C14H13NO2.C6H10/c2*1-15-14(16)11-7-9-13(10-8-11)17-12-5-3-2-4-6-12;1-3-5-6-4-2/h2*2-10H,1H3,(H,15,16);3-6H,1-2H3/b;;5-3-,6-4-. The van der Waals surface area contributed by atoms with Gasteiger partial charge in [-0.1, -0.05) is 60.7 Å². The summed E-state index contributed by atoms with van der Waals surface area (Å²) < 4.78 is 11.2. The molecule has 206 valence electrons. The van der Waals surface area contributed by atoms with Crippen molar-refractivity contribution in [1.82, 2.24) is 10.6 Å². The van der Waals surface area contributed by atoms with Crippen LogP contribution in [0, 0.1) is 0 Å². The third-order valence-electron chi connectivity index (χ3n) is 5.14. The largest absolute Gasteiger partial charge is 0.457 e. The van der Waals surface area contributed by atoms with Gasteiger partial charge in [0.1, 0.15) is 23.0 Å². The molecule has 4 aromatic carbocycles. The molecule has 0 saturated heterocycles. The molecule has 0 aliphatic rings. The van der Waals surface area contributed by atoms with Crippen molar-refractivity contribution in [2.45, 2.75) is 13.8 Å². The van der Waals surface area contributed by atoms with Crippen molar-refractivity contribution < 1.29 is 19.1 Å². The molecule has 0 radical (unpaired) electrons. The molecule has 0 aromatic heterocycles. The van der Waals surface area contributed by atoms with Gasteiger partial charge in [0, 0.05) is 25.2 Å². The van der Waals surface area contributed by atoms with Crippen molar-refractivity contribution in [2.24, 2.45) is 0 Å². The molecule has 0 bridgehead atoms. The molecular weight excluding hydrogens is 500 g/mol. The number of hydrogen-bond acceptors (Lipinski definition) is 4. The highest BCUT2D eigenvalue weighted by Crippen LogP contribution is 2.22. The molecule has 2 N–H and O–H groups in total. The van der Waals surface area contributed by atoms with Crippen LogP contribution in [0.3, 0.4) is 0 Å². The summed E-state index contributed by atoms with van der Waals surface area (Å²) in [5.41, 5.74) is 1.24. The van der Waals surface area contributed by atoms with Gasteiger partial charge in [-0.3, -0.25) is 9.59 Å². The van der Waals surface area contributed by atoms with Crippen molar-refractivity contribution in [3.63, 3.8) is 0 Å². The van der Waals surface area contributed by atoms with Gasteiger partial charge in [-0.15, -0.1) is 0 Å². The van der Waals surface area contributed by atoms with Gasteiger partial charge in [-0.05, 0) is 86.6 Å². The van der Waals surface area contributed by atoms with E-state index in [1.807, 2.05) is 98.8 Å². The highest BCUT2D eigenvalue weighted by molar-refractivity contribution is 5.94. The third-order valence-corrected chi connectivity index (χ3v) is 5.14. The summed E-state index contributed by atoms with van der Waals surface area (Å²) >= 11 is 0. The Labute approximate surface area is 237 Å². The summed E-state index contributed by atoms with van der Waals surface area (Å²) in [7, 11) is 3.22. The zero-order valence-electron chi connectivity index (χ0n) is 23.3. The first-order chi connectivity index (χ1) is 19.5. The van der Waals surface area contributed by atoms with Gasteiger partial charge in [-0.25, -0.2) is 0 Å². The van der Waals surface area contributed by atoms with E-state index < -0.39 is 0 Å². The Bertz CT molecular complexity index is 1230. The lowest BCUT2D eigenvalue weighted by Crippen LogP contribution is -2.17. The van der Waals surface area contributed by atoms with Crippen LogP contribution in [0.1, 0.15) is 34.6 Å². The molecule has 0 unspecified atom stereocenters. The summed E-state index contributed by atoms with van der Waals surface area (Å²) in [4.78, 5) is 22.7. The van der Waals surface area contributed by atoms with Crippen LogP contribution in [0.4, 0.5) is 0 Å². The van der Waals surface area contributed by atoms with E-state index in [0.29, 0.717) is 22.6 Å². The van der Waals surface area contributed by atoms with E-state index in [4.69, 9.17) is 9.47 Å².